The monoisotopic (exact) mass is 206 g/mol. The van der Waals surface area contributed by atoms with Crippen molar-refractivity contribution in [2.24, 2.45) is 5.73 Å². The van der Waals surface area contributed by atoms with Crippen molar-refractivity contribution >= 4 is 5.91 Å². The van der Waals surface area contributed by atoms with Gasteiger partial charge in [0.15, 0.2) is 0 Å². The average Bonchev–Trinajstić information content (AvgIpc) is 2.18. The van der Waals surface area contributed by atoms with Crippen LogP contribution >= 0.6 is 0 Å². The van der Waals surface area contributed by atoms with Gasteiger partial charge in [0.25, 0.3) is 0 Å². The minimum atomic E-state index is -0.265. The molecule has 0 spiro atoms. The molecule has 0 aliphatic heterocycles. The zero-order valence-corrected chi connectivity index (χ0v) is 9.29. The van der Waals surface area contributed by atoms with Crippen molar-refractivity contribution in [1.82, 2.24) is 5.32 Å². The van der Waals surface area contributed by atoms with E-state index in [1.54, 1.807) is 0 Å². The molecule has 0 heterocycles. The van der Waals surface area contributed by atoms with Gasteiger partial charge in [-0.25, -0.2) is 0 Å². The van der Waals surface area contributed by atoms with Crippen LogP contribution in [-0.4, -0.2) is 12.5 Å². The standard InChI is InChI=1S/C12H18N2O/c1-9-3-5-11(6-4-9)10(2)14-8-7-12(13)15/h3-6,10,14H,7-8H2,1-2H3,(H2,13,15)/t10-/m0/s1. The second-order valence-electron chi connectivity index (χ2n) is 3.80. The minimum Gasteiger partial charge on any atom is -0.370 e. The summed E-state index contributed by atoms with van der Waals surface area (Å²) in [6.07, 6.45) is 0.385. The highest BCUT2D eigenvalue weighted by atomic mass is 16.1. The number of amides is 1. The molecule has 3 heteroatoms. The predicted octanol–water partition coefficient (Wildman–Crippen LogP) is 1.52. The Hall–Kier alpha value is -1.35. The second kappa shape index (κ2) is 5.51. The number of nitrogens with two attached hydrogens (primary N) is 1. The summed E-state index contributed by atoms with van der Waals surface area (Å²) in [7, 11) is 0. The molecular weight excluding hydrogens is 188 g/mol. The summed E-state index contributed by atoms with van der Waals surface area (Å²) in [4.78, 5) is 10.5. The Morgan fingerprint density at radius 1 is 1.40 bits per heavy atom. The lowest BCUT2D eigenvalue weighted by atomic mass is 10.1. The number of hydrogen-bond donors (Lipinski definition) is 2. The number of benzene rings is 1. The van der Waals surface area contributed by atoms with Gasteiger partial charge in [-0.05, 0) is 19.4 Å². The predicted molar refractivity (Wildman–Crippen MR) is 61.4 cm³/mol. The Labute approximate surface area is 90.7 Å². The van der Waals surface area contributed by atoms with Gasteiger partial charge in [0.2, 0.25) is 5.91 Å². The zero-order valence-electron chi connectivity index (χ0n) is 9.29. The van der Waals surface area contributed by atoms with Crippen LogP contribution in [0, 0.1) is 6.92 Å². The summed E-state index contributed by atoms with van der Waals surface area (Å²) in [5.74, 6) is -0.265. The lowest BCUT2D eigenvalue weighted by Crippen LogP contribution is -2.24. The third-order valence-electron chi connectivity index (χ3n) is 2.40. The van der Waals surface area contributed by atoms with E-state index in [9.17, 15) is 4.79 Å². The maximum absolute atomic E-state index is 10.5. The number of aryl methyl sites for hydroxylation is 1. The lowest BCUT2D eigenvalue weighted by Gasteiger charge is -2.13. The molecule has 0 saturated heterocycles. The molecular formula is C12H18N2O. The fourth-order valence-corrected chi connectivity index (χ4v) is 1.38. The van der Waals surface area contributed by atoms with Crippen LogP contribution in [0.3, 0.4) is 0 Å². The van der Waals surface area contributed by atoms with Crippen LogP contribution in [0.5, 0.6) is 0 Å². The van der Waals surface area contributed by atoms with E-state index in [1.807, 2.05) is 0 Å². The van der Waals surface area contributed by atoms with Crippen molar-refractivity contribution < 1.29 is 4.79 Å². The van der Waals surface area contributed by atoms with Crippen molar-refractivity contribution in [2.45, 2.75) is 26.3 Å². The summed E-state index contributed by atoms with van der Waals surface area (Å²) >= 11 is 0. The first kappa shape index (κ1) is 11.7. The molecule has 0 fully saturated rings. The lowest BCUT2D eigenvalue weighted by molar-refractivity contribution is -0.117. The molecule has 1 atom stereocenters. The molecule has 1 rings (SSSR count). The SMILES string of the molecule is Cc1ccc([C@H](C)NCCC(N)=O)cc1. The highest BCUT2D eigenvalue weighted by Crippen LogP contribution is 2.12. The van der Waals surface area contributed by atoms with E-state index in [0.29, 0.717) is 13.0 Å². The van der Waals surface area contributed by atoms with Gasteiger partial charge in [-0.15, -0.1) is 0 Å². The van der Waals surface area contributed by atoms with Crippen molar-refractivity contribution in [3.63, 3.8) is 0 Å². The highest BCUT2D eigenvalue weighted by Gasteiger charge is 2.04. The number of carbonyl (C=O) groups is 1. The van der Waals surface area contributed by atoms with Crippen LogP contribution < -0.4 is 11.1 Å². The van der Waals surface area contributed by atoms with Crippen LogP contribution in [0.25, 0.3) is 0 Å². The van der Waals surface area contributed by atoms with Gasteiger partial charge < -0.3 is 11.1 Å². The smallest absolute Gasteiger partial charge is 0.218 e. The van der Waals surface area contributed by atoms with Crippen molar-refractivity contribution in [2.75, 3.05) is 6.54 Å². The number of carbonyl (C=O) groups excluding carboxylic acids is 1. The molecule has 82 valence electrons. The molecule has 3 N–H and O–H groups in total. The maximum Gasteiger partial charge on any atom is 0.218 e. The fraction of sp³-hybridized carbons (Fsp3) is 0.417. The van der Waals surface area contributed by atoms with Gasteiger partial charge in [-0.1, -0.05) is 29.8 Å². The van der Waals surface area contributed by atoms with Crippen LogP contribution in [0.2, 0.25) is 0 Å². The quantitative estimate of drug-likeness (QED) is 0.767. The van der Waals surface area contributed by atoms with E-state index in [0.717, 1.165) is 0 Å². The average molecular weight is 206 g/mol. The topological polar surface area (TPSA) is 55.1 Å². The highest BCUT2D eigenvalue weighted by molar-refractivity contribution is 5.73. The second-order valence-corrected chi connectivity index (χ2v) is 3.80. The summed E-state index contributed by atoms with van der Waals surface area (Å²) < 4.78 is 0. The van der Waals surface area contributed by atoms with Gasteiger partial charge in [-0.2, -0.15) is 0 Å². The van der Waals surface area contributed by atoms with Crippen molar-refractivity contribution in [3.05, 3.63) is 35.4 Å². The summed E-state index contributed by atoms with van der Waals surface area (Å²) in [5.41, 5.74) is 7.54. The van der Waals surface area contributed by atoms with Crippen LogP contribution in [0.15, 0.2) is 24.3 Å². The molecule has 0 radical (unpaired) electrons. The Balaban J connectivity index is 2.43. The van der Waals surface area contributed by atoms with Crippen molar-refractivity contribution in [3.8, 4) is 0 Å². The van der Waals surface area contributed by atoms with E-state index >= 15 is 0 Å². The van der Waals surface area contributed by atoms with Crippen LogP contribution in [0.1, 0.15) is 30.5 Å². The normalized spacial score (nSPS) is 12.4. The zero-order chi connectivity index (χ0) is 11.3. The largest absolute Gasteiger partial charge is 0.370 e. The van der Waals surface area contributed by atoms with E-state index in [-0.39, 0.29) is 11.9 Å². The first-order valence-corrected chi connectivity index (χ1v) is 5.18. The first-order valence-electron chi connectivity index (χ1n) is 5.18. The Morgan fingerprint density at radius 3 is 2.53 bits per heavy atom. The number of rotatable bonds is 5. The first-order chi connectivity index (χ1) is 7.09. The summed E-state index contributed by atoms with van der Waals surface area (Å²) in [6, 6.07) is 8.61. The summed E-state index contributed by atoms with van der Waals surface area (Å²) in [6.45, 7) is 4.77. The number of hydrogen-bond acceptors (Lipinski definition) is 2. The van der Waals surface area contributed by atoms with Crippen LogP contribution in [0.4, 0.5) is 0 Å². The Kier molecular flexibility index (Phi) is 4.31. The molecule has 1 amide bonds. The number of nitrogens with one attached hydrogen (secondary N) is 1. The van der Waals surface area contributed by atoms with E-state index in [2.05, 4.69) is 43.4 Å². The molecule has 1 aromatic carbocycles. The van der Waals surface area contributed by atoms with Crippen LogP contribution in [-0.2, 0) is 4.79 Å². The Bertz CT molecular complexity index is 319. The molecule has 0 aliphatic rings. The fourth-order valence-electron chi connectivity index (χ4n) is 1.38. The molecule has 0 bridgehead atoms. The van der Waals surface area contributed by atoms with E-state index in [4.69, 9.17) is 5.73 Å². The van der Waals surface area contributed by atoms with E-state index < -0.39 is 0 Å². The van der Waals surface area contributed by atoms with Gasteiger partial charge in [0.05, 0.1) is 0 Å². The third-order valence-corrected chi connectivity index (χ3v) is 2.40. The number of primary amides is 1. The molecule has 0 unspecified atom stereocenters. The van der Waals surface area contributed by atoms with Gasteiger partial charge in [0.1, 0.15) is 0 Å². The molecule has 1 aromatic rings. The summed E-state index contributed by atoms with van der Waals surface area (Å²) in [5, 5.41) is 3.25. The maximum atomic E-state index is 10.5. The van der Waals surface area contributed by atoms with Crippen molar-refractivity contribution in [1.29, 1.82) is 0 Å². The third kappa shape index (κ3) is 4.13. The van der Waals surface area contributed by atoms with Gasteiger partial charge in [0, 0.05) is 19.0 Å². The molecule has 0 aliphatic carbocycles. The molecule has 0 saturated carbocycles. The molecule has 3 nitrogen and oxygen atoms in total. The molecule has 15 heavy (non-hydrogen) atoms. The van der Waals surface area contributed by atoms with Gasteiger partial charge in [-0.3, -0.25) is 4.79 Å². The minimum absolute atomic E-state index is 0.255. The molecule has 0 aromatic heterocycles. The van der Waals surface area contributed by atoms with Gasteiger partial charge >= 0.3 is 0 Å². The Morgan fingerprint density at radius 2 is 2.00 bits per heavy atom. The van der Waals surface area contributed by atoms with E-state index in [1.165, 1.54) is 11.1 Å².